The molecule has 0 saturated heterocycles. The summed E-state index contributed by atoms with van der Waals surface area (Å²) in [5, 5.41) is 16.0. The maximum absolute atomic E-state index is 13.4. The van der Waals surface area contributed by atoms with Crippen molar-refractivity contribution < 1.29 is 27.3 Å². The molecule has 6 nitrogen and oxygen atoms in total. The van der Waals surface area contributed by atoms with Crippen LogP contribution in [-0.2, 0) is 17.5 Å². The number of hydrogen-bond acceptors (Lipinski definition) is 4. The van der Waals surface area contributed by atoms with E-state index in [0.29, 0.717) is 17.7 Å². The number of nitrogens with zero attached hydrogens (tertiary/aromatic N) is 1. The number of amides is 1. The molecular formula is C17H15F4N3O3. The molecule has 27 heavy (non-hydrogen) atoms. The Hall–Kier alpha value is -3.17. The summed E-state index contributed by atoms with van der Waals surface area (Å²) in [6, 6.07) is 8.00. The van der Waals surface area contributed by atoms with Crippen LogP contribution in [-0.4, -0.2) is 17.4 Å². The molecule has 2 rings (SSSR count). The lowest BCUT2D eigenvalue weighted by Gasteiger charge is -2.11. The molecule has 0 aliphatic heterocycles. The first-order valence-electron chi connectivity index (χ1n) is 7.78. The molecule has 1 amide bonds. The van der Waals surface area contributed by atoms with Crippen LogP contribution in [0.4, 0.5) is 28.9 Å². The van der Waals surface area contributed by atoms with Crippen molar-refractivity contribution >= 4 is 17.3 Å². The van der Waals surface area contributed by atoms with Crippen LogP contribution in [0.5, 0.6) is 0 Å². The van der Waals surface area contributed by atoms with E-state index in [1.807, 2.05) is 0 Å². The van der Waals surface area contributed by atoms with Crippen LogP contribution in [0.1, 0.15) is 17.5 Å². The Morgan fingerprint density at radius 3 is 2.48 bits per heavy atom. The number of nitro benzene ring substituents is 1. The van der Waals surface area contributed by atoms with Crippen LogP contribution in [0.2, 0.25) is 0 Å². The molecule has 0 fully saturated rings. The van der Waals surface area contributed by atoms with Crippen molar-refractivity contribution in [3.8, 4) is 0 Å². The fraction of sp³-hybridized carbons (Fsp3) is 0.235. The van der Waals surface area contributed by atoms with E-state index in [9.17, 15) is 32.5 Å². The molecule has 0 unspecified atom stereocenters. The summed E-state index contributed by atoms with van der Waals surface area (Å²) in [5.74, 6) is -0.906. The molecule has 0 aliphatic rings. The standard InChI is InChI=1S/C17H15F4N3O3/c18-13-4-2-1-3-11(13)10-23-16(25)7-8-22-14-6-5-12(17(19,20)21)9-15(14)24(26)27/h1-6,9,22H,7-8,10H2,(H,23,25). The monoisotopic (exact) mass is 385 g/mol. The van der Waals surface area contributed by atoms with Gasteiger partial charge in [0.15, 0.2) is 0 Å². The van der Waals surface area contributed by atoms with E-state index in [1.54, 1.807) is 6.07 Å². The number of anilines is 1. The van der Waals surface area contributed by atoms with Gasteiger partial charge >= 0.3 is 6.18 Å². The first kappa shape index (κ1) is 20.1. The Kier molecular flexibility index (Phi) is 6.32. The maximum atomic E-state index is 13.4. The zero-order chi connectivity index (χ0) is 20.0. The van der Waals surface area contributed by atoms with Crippen LogP contribution >= 0.6 is 0 Å². The SMILES string of the molecule is O=C(CCNc1ccc(C(F)(F)F)cc1[N+](=O)[O-])NCc1ccccc1F. The summed E-state index contributed by atoms with van der Waals surface area (Å²) in [6.07, 6.45) is -4.80. The van der Waals surface area contributed by atoms with Gasteiger partial charge in [0.05, 0.1) is 10.5 Å². The van der Waals surface area contributed by atoms with Gasteiger partial charge in [-0.2, -0.15) is 13.2 Å². The van der Waals surface area contributed by atoms with E-state index < -0.39 is 34.1 Å². The number of alkyl halides is 3. The van der Waals surface area contributed by atoms with Crippen molar-refractivity contribution in [2.75, 3.05) is 11.9 Å². The number of nitrogens with one attached hydrogen (secondary N) is 2. The Labute approximate surface area is 151 Å². The quantitative estimate of drug-likeness (QED) is 0.431. The first-order chi connectivity index (χ1) is 12.7. The van der Waals surface area contributed by atoms with Crippen molar-refractivity contribution in [3.63, 3.8) is 0 Å². The first-order valence-corrected chi connectivity index (χ1v) is 7.78. The number of benzene rings is 2. The van der Waals surface area contributed by atoms with Crippen LogP contribution in [0.3, 0.4) is 0 Å². The smallest absolute Gasteiger partial charge is 0.379 e. The highest BCUT2D eigenvalue weighted by molar-refractivity contribution is 5.76. The molecule has 0 aliphatic carbocycles. The minimum absolute atomic E-state index is 0.0219. The number of halogens is 4. The Balaban J connectivity index is 1.91. The zero-order valence-electron chi connectivity index (χ0n) is 13.8. The normalized spacial score (nSPS) is 11.1. The van der Waals surface area contributed by atoms with E-state index in [0.717, 1.165) is 6.07 Å². The Bertz CT molecular complexity index is 840. The summed E-state index contributed by atoms with van der Waals surface area (Å²) < 4.78 is 51.4. The fourth-order valence-corrected chi connectivity index (χ4v) is 2.24. The summed E-state index contributed by atoms with van der Waals surface area (Å²) in [7, 11) is 0. The van der Waals surface area contributed by atoms with Crippen LogP contribution in [0.15, 0.2) is 42.5 Å². The van der Waals surface area contributed by atoms with Crippen molar-refractivity contribution in [2.24, 2.45) is 0 Å². The van der Waals surface area contributed by atoms with Crippen molar-refractivity contribution in [1.29, 1.82) is 0 Å². The van der Waals surface area contributed by atoms with Crippen molar-refractivity contribution in [2.45, 2.75) is 19.1 Å². The minimum atomic E-state index is -4.70. The molecule has 10 heteroatoms. The number of hydrogen-bond donors (Lipinski definition) is 2. The summed E-state index contributed by atoms with van der Waals surface area (Å²) in [4.78, 5) is 21.8. The van der Waals surface area contributed by atoms with Gasteiger partial charge in [-0.1, -0.05) is 18.2 Å². The molecule has 0 heterocycles. The molecule has 2 N–H and O–H groups in total. The molecular weight excluding hydrogens is 370 g/mol. The van der Waals surface area contributed by atoms with E-state index in [2.05, 4.69) is 10.6 Å². The van der Waals surface area contributed by atoms with Gasteiger partial charge in [-0.05, 0) is 18.2 Å². The van der Waals surface area contributed by atoms with Gasteiger partial charge < -0.3 is 10.6 Å². The molecule has 0 atom stereocenters. The molecule has 2 aromatic carbocycles. The average molecular weight is 385 g/mol. The lowest BCUT2D eigenvalue weighted by atomic mass is 10.1. The van der Waals surface area contributed by atoms with Crippen LogP contribution in [0, 0.1) is 15.9 Å². The molecule has 144 valence electrons. The topological polar surface area (TPSA) is 84.3 Å². The second kappa shape index (κ2) is 8.47. The van der Waals surface area contributed by atoms with Gasteiger partial charge in [0.25, 0.3) is 5.69 Å². The molecule has 0 aromatic heterocycles. The Morgan fingerprint density at radius 1 is 1.15 bits per heavy atom. The Morgan fingerprint density at radius 2 is 1.85 bits per heavy atom. The molecule has 2 aromatic rings. The van der Waals surface area contributed by atoms with Crippen molar-refractivity contribution in [1.82, 2.24) is 5.32 Å². The van der Waals surface area contributed by atoms with Gasteiger partial charge in [0.2, 0.25) is 5.91 Å². The lowest BCUT2D eigenvalue weighted by molar-refractivity contribution is -0.384. The summed E-state index contributed by atoms with van der Waals surface area (Å²) >= 11 is 0. The summed E-state index contributed by atoms with van der Waals surface area (Å²) in [5.41, 5.74) is -1.70. The largest absolute Gasteiger partial charge is 0.416 e. The van der Waals surface area contributed by atoms with E-state index in [-0.39, 0.29) is 25.2 Å². The average Bonchev–Trinajstić information content (AvgIpc) is 2.60. The second-order valence-corrected chi connectivity index (χ2v) is 5.53. The van der Waals surface area contributed by atoms with Gasteiger partial charge in [-0.3, -0.25) is 14.9 Å². The fourth-order valence-electron chi connectivity index (χ4n) is 2.24. The molecule has 0 spiro atoms. The molecule has 0 radical (unpaired) electrons. The predicted molar refractivity (Wildman–Crippen MR) is 89.5 cm³/mol. The third-order valence-corrected chi connectivity index (χ3v) is 3.62. The number of nitro groups is 1. The number of carbonyl (C=O) groups excluding carboxylic acids is 1. The highest BCUT2D eigenvalue weighted by Crippen LogP contribution is 2.34. The van der Waals surface area contributed by atoms with E-state index >= 15 is 0 Å². The lowest BCUT2D eigenvalue weighted by Crippen LogP contribution is -2.25. The van der Waals surface area contributed by atoms with Crippen LogP contribution in [0.25, 0.3) is 0 Å². The maximum Gasteiger partial charge on any atom is 0.416 e. The van der Waals surface area contributed by atoms with Crippen LogP contribution < -0.4 is 10.6 Å². The van der Waals surface area contributed by atoms with Crippen molar-refractivity contribution in [3.05, 3.63) is 69.5 Å². The third-order valence-electron chi connectivity index (χ3n) is 3.62. The summed E-state index contributed by atoms with van der Waals surface area (Å²) in [6.45, 7) is -0.0682. The highest BCUT2D eigenvalue weighted by atomic mass is 19.4. The van der Waals surface area contributed by atoms with Gasteiger partial charge in [-0.25, -0.2) is 4.39 Å². The predicted octanol–water partition coefficient (Wildman–Crippen LogP) is 3.87. The molecule has 0 bridgehead atoms. The van der Waals surface area contributed by atoms with Gasteiger partial charge in [0.1, 0.15) is 11.5 Å². The van der Waals surface area contributed by atoms with E-state index in [4.69, 9.17) is 0 Å². The van der Waals surface area contributed by atoms with Gasteiger partial charge in [-0.15, -0.1) is 0 Å². The zero-order valence-corrected chi connectivity index (χ0v) is 13.8. The second-order valence-electron chi connectivity index (χ2n) is 5.53. The third kappa shape index (κ3) is 5.66. The molecule has 0 saturated carbocycles. The van der Waals surface area contributed by atoms with Gasteiger partial charge in [0, 0.05) is 31.1 Å². The number of rotatable bonds is 7. The minimum Gasteiger partial charge on any atom is -0.379 e. The number of carbonyl (C=O) groups is 1. The van der Waals surface area contributed by atoms with E-state index in [1.165, 1.54) is 18.2 Å². The highest BCUT2D eigenvalue weighted by Gasteiger charge is 2.33.